The second-order valence-corrected chi connectivity index (χ2v) is 11.4. The number of nitrogens with one attached hydrogen (secondary N) is 1. The van der Waals surface area contributed by atoms with Crippen LogP contribution in [0.3, 0.4) is 0 Å². The minimum atomic E-state index is -3.04. The lowest BCUT2D eigenvalue weighted by Crippen LogP contribution is -2.45. The molecule has 0 radical (unpaired) electrons. The highest BCUT2D eigenvalue weighted by atomic mass is 35.5. The molecule has 0 spiro atoms. The van der Waals surface area contributed by atoms with Crippen LogP contribution in [0, 0.1) is 11.7 Å². The summed E-state index contributed by atoms with van der Waals surface area (Å²) < 4.78 is 50.2. The Morgan fingerprint density at radius 3 is 2.73 bits per heavy atom. The molecule has 0 bridgehead atoms. The van der Waals surface area contributed by atoms with Crippen molar-refractivity contribution in [2.24, 2.45) is 10.9 Å². The van der Waals surface area contributed by atoms with Gasteiger partial charge in [-0.15, -0.1) is 11.3 Å². The highest BCUT2D eigenvalue weighted by Crippen LogP contribution is 2.43. The van der Waals surface area contributed by atoms with Gasteiger partial charge in [0.25, 0.3) is 5.92 Å². The number of carbonyl (C=O) groups excluding carboxylic acids is 1. The van der Waals surface area contributed by atoms with E-state index in [1.54, 1.807) is 29.5 Å². The van der Waals surface area contributed by atoms with E-state index in [0.29, 0.717) is 11.4 Å². The molecule has 1 unspecified atom stereocenters. The maximum Gasteiger partial charge on any atom is 0.338 e. The summed E-state index contributed by atoms with van der Waals surface area (Å²) in [5.74, 6) is -5.49. The Bertz CT molecular complexity index is 1340. The van der Waals surface area contributed by atoms with Crippen LogP contribution in [0.1, 0.15) is 63.1 Å². The first-order valence-electron chi connectivity index (χ1n) is 13.4. The van der Waals surface area contributed by atoms with Crippen LogP contribution in [0.25, 0.3) is 0 Å². The number of hydrogen-bond donors (Lipinski definition) is 2. The van der Waals surface area contributed by atoms with Crippen molar-refractivity contribution >= 4 is 40.7 Å². The number of carbonyl (C=O) groups is 2. The molecular formula is C28H32ClF3N4O4S. The molecule has 2 aliphatic heterocycles. The van der Waals surface area contributed by atoms with Crippen LogP contribution in [0.15, 0.2) is 46.0 Å². The maximum absolute atomic E-state index is 15.1. The van der Waals surface area contributed by atoms with Crippen molar-refractivity contribution in [3.05, 3.63) is 62.5 Å². The van der Waals surface area contributed by atoms with Crippen molar-refractivity contribution in [3.63, 3.8) is 0 Å². The number of aliphatic imine (C=N–C) groups is 1. The Kier molecular flexibility index (Phi) is 9.76. The van der Waals surface area contributed by atoms with Gasteiger partial charge in [0, 0.05) is 48.3 Å². The van der Waals surface area contributed by atoms with Crippen molar-refractivity contribution in [2.75, 3.05) is 13.2 Å². The lowest BCUT2D eigenvalue weighted by molar-refractivity contribution is -0.139. The van der Waals surface area contributed by atoms with E-state index in [0.717, 1.165) is 0 Å². The first kappa shape index (κ1) is 31.0. The normalized spacial score (nSPS) is 23.2. The van der Waals surface area contributed by atoms with Gasteiger partial charge in [0.2, 0.25) is 0 Å². The lowest BCUT2D eigenvalue weighted by Gasteiger charge is -2.34. The summed E-state index contributed by atoms with van der Waals surface area (Å²) in [4.78, 5) is 35.4. The molecule has 4 atom stereocenters. The highest BCUT2D eigenvalue weighted by Gasteiger charge is 2.52. The zero-order chi connectivity index (χ0) is 29.9. The topological polar surface area (TPSA) is 104 Å². The minimum Gasteiger partial charge on any atom is -0.481 e. The summed E-state index contributed by atoms with van der Waals surface area (Å²) in [5, 5.41) is 14.5. The zero-order valence-corrected chi connectivity index (χ0v) is 24.4. The van der Waals surface area contributed by atoms with Crippen LogP contribution in [0.2, 0.25) is 5.02 Å². The van der Waals surface area contributed by atoms with Crippen molar-refractivity contribution < 1.29 is 32.6 Å². The second-order valence-electron chi connectivity index (χ2n) is 10.2. The Labute approximate surface area is 245 Å². The number of benzene rings is 1. The van der Waals surface area contributed by atoms with Gasteiger partial charge in [-0.1, -0.05) is 37.1 Å². The summed E-state index contributed by atoms with van der Waals surface area (Å²) >= 11 is 7.63. The average Bonchev–Trinajstić information content (AvgIpc) is 3.52. The molecule has 1 aromatic carbocycles. The molecule has 2 aromatic rings. The first-order chi connectivity index (χ1) is 19.5. The van der Waals surface area contributed by atoms with Crippen LogP contribution >= 0.6 is 22.9 Å². The van der Waals surface area contributed by atoms with Crippen LogP contribution in [-0.4, -0.2) is 63.9 Å². The van der Waals surface area contributed by atoms with E-state index in [9.17, 15) is 19.1 Å². The number of amidine groups is 1. The van der Waals surface area contributed by atoms with Gasteiger partial charge in [-0.05, 0) is 32.3 Å². The summed E-state index contributed by atoms with van der Waals surface area (Å²) in [6, 6.07) is 1.24. The Morgan fingerprint density at radius 1 is 1.34 bits per heavy atom. The number of halogens is 4. The quantitative estimate of drug-likeness (QED) is 0.308. The van der Waals surface area contributed by atoms with Crippen molar-refractivity contribution in [3.8, 4) is 0 Å². The summed E-state index contributed by atoms with van der Waals surface area (Å²) in [6.07, 6.45) is 1.77. The number of carboxylic acid groups (broad SMARTS) is 1. The van der Waals surface area contributed by atoms with E-state index in [2.05, 4.69) is 15.3 Å². The van der Waals surface area contributed by atoms with Crippen LogP contribution in [-0.2, 0) is 14.3 Å². The Hall–Kier alpha value is -2.96. The Balaban J connectivity index is 1.82. The fraction of sp³-hybridized carbons (Fsp3) is 0.500. The van der Waals surface area contributed by atoms with E-state index in [1.165, 1.54) is 30.4 Å². The highest BCUT2D eigenvalue weighted by molar-refractivity contribution is 7.11. The fourth-order valence-corrected chi connectivity index (χ4v) is 6.25. The third-order valence-corrected chi connectivity index (χ3v) is 8.78. The molecule has 3 heterocycles. The van der Waals surface area contributed by atoms with Crippen LogP contribution < -0.4 is 5.32 Å². The number of aromatic nitrogens is 1. The van der Waals surface area contributed by atoms with Crippen molar-refractivity contribution in [2.45, 2.75) is 70.5 Å². The van der Waals surface area contributed by atoms with Crippen molar-refractivity contribution in [1.82, 2.24) is 15.2 Å². The molecule has 0 aliphatic carbocycles. The first-order valence-corrected chi connectivity index (χ1v) is 14.7. The number of thiazole rings is 1. The minimum absolute atomic E-state index is 0.0263. The Morgan fingerprint density at radius 2 is 2.10 bits per heavy atom. The number of aliphatic carboxylic acids is 1. The van der Waals surface area contributed by atoms with Gasteiger partial charge >= 0.3 is 11.9 Å². The number of esters is 1. The number of nitrogens with zero attached hydrogens (tertiary/aromatic N) is 3. The standard InChI is InChI=1S/C28H32ClF3N4O4S/c1-4-16(12-21(37)38)11-17-13-28(31,32)15(3)36(17)14-20-22(27(39)40-5-2)24(18-7-6-8-19(30)23(18)29)35-25(34-20)26-33-9-10-41-26/h6-10,15-17,24H,4-5,11-14H2,1-3H3,(H,34,35)(H,37,38)/t15-,16?,17+,24-/m0/s1. The molecule has 1 saturated heterocycles. The molecule has 0 amide bonds. The molecule has 8 nitrogen and oxygen atoms in total. The molecule has 41 heavy (non-hydrogen) atoms. The number of alkyl halides is 2. The van der Waals surface area contributed by atoms with Gasteiger partial charge in [0.05, 0.1) is 23.2 Å². The van der Waals surface area contributed by atoms with E-state index >= 15 is 8.78 Å². The van der Waals surface area contributed by atoms with E-state index in [-0.39, 0.29) is 59.6 Å². The largest absolute Gasteiger partial charge is 0.481 e. The maximum atomic E-state index is 15.1. The number of carboxylic acids is 1. The van der Waals surface area contributed by atoms with Crippen molar-refractivity contribution in [1.29, 1.82) is 0 Å². The van der Waals surface area contributed by atoms with Gasteiger partial charge in [-0.25, -0.2) is 22.9 Å². The van der Waals surface area contributed by atoms with Gasteiger partial charge in [0.1, 0.15) is 11.9 Å². The molecule has 1 aromatic heterocycles. The third kappa shape index (κ3) is 6.76. The lowest BCUT2D eigenvalue weighted by atomic mass is 9.92. The number of ether oxygens (including phenoxy) is 1. The molecule has 2 aliphatic rings. The summed E-state index contributed by atoms with van der Waals surface area (Å²) in [7, 11) is 0. The molecule has 2 N–H and O–H groups in total. The molecule has 222 valence electrons. The molecule has 0 saturated carbocycles. The molecule has 1 fully saturated rings. The average molecular weight is 613 g/mol. The monoisotopic (exact) mass is 612 g/mol. The predicted molar refractivity (Wildman–Crippen MR) is 150 cm³/mol. The third-order valence-electron chi connectivity index (χ3n) is 7.60. The SMILES string of the molecule is CCOC(=O)C1=C(CN2[C@H](CC(CC)CC(=O)O)CC(F)(F)[C@@H]2C)NC(c2nccs2)=N[C@H]1c1cccc(F)c1Cl. The van der Waals surface area contributed by atoms with E-state index in [4.69, 9.17) is 16.3 Å². The zero-order valence-electron chi connectivity index (χ0n) is 22.9. The van der Waals surface area contributed by atoms with Gasteiger partial charge < -0.3 is 15.2 Å². The predicted octanol–water partition coefficient (Wildman–Crippen LogP) is 5.83. The molecule has 4 rings (SSSR count). The number of rotatable bonds is 11. The number of hydrogen-bond acceptors (Lipinski definition) is 8. The molecule has 13 heteroatoms. The van der Waals surface area contributed by atoms with Gasteiger partial charge in [-0.2, -0.15) is 0 Å². The summed E-state index contributed by atoms with van der Waals surface area (Å²) in [5.41, 5.74) is 0.500. The smallest absolute Gasteiger partial charge is 0.338 e. The van der Waals surface area contributed by atoms with Crippen LogP contribution in [0.4, 0.5) is 13.2 Å². The van der Waals surface area contributed by atoms with Gasteiger partial charge in [-0.3, -0.25) is 14.7 Å². The molecular weight excluding hydrogens is 581 g/mol. The van der Waals surface area contributed by atoms with Crippen LogP contribution in [0.5, 0.6) is 0 Å². The fourth-order valence-electron chi connectivity index (χ4n) is 5.43. The number of likely N-dealkylation sites (tertiary alicyclic amines) is 1. The second kappa shape index (κ2) is 12.9. The van der Waals surface area contributed by atoms with E-state index in [1.807, 2.05) is 6.92 Å². The summed E-state index contributed by atoms with van der Waals surface area (Å²) in [6.45, 7) is 4.81. The van der Waals surface area contributed by atoms with E-state index < -0.39 is 48.2 Å². The van der Waals surface area contributed by atoms with Gasteiger partial charge in [0.15, 0.2) is 10.8 Å².